The highest BCUT2D eigenvalue weighted by Crippen LogP contribution is 2.58. The van der Waals surface area contributed by atoms with E-state index in [1.54, 1.807) is 11.1 Å². The van der Waals surface area contributed by atoms with Crippen LogP contribution >= 0.6 is 23.2 Å². The minimum atomic E-state index is 0.0157. The third-order valence-corrected chi connectivity index (χ3v) is 7.61. The number of nitrogens with one attached hydrogen (secondary N) is 1. The quantitative estimate of drug-likeness (QED) is 0.312. The molecule has 0 spiro atoms. The fourth-order valence-corrected chi connectivity index (χ4v) is 5.87. The molecular formula is C24H39Cl2NO2. The molecule has 0 aromatic rings. The van der Waals surface area contributed by atoms with Gasteiger partial charge in [0.1, 0.15) is 0 Å². The molecule has 0 bridgehead atoms. The normalized spacial score (nSPS) is 30.9. The zero-order valence-electron chi connectivity index (χ0n) is 18.6. The molecule has 5 heteroatoms. The summed E-state index contributed by atoms with van der Waals surface area (Å²) in [4.78, 5) is 12.2. The molecule has 29 heavy (non-hydrogen) atoms. The van der Waals surface area contributed by atoms with Crippen LogP contribution in [0.4, 0.5) is 0 Å². The maximum atomic E-state index is 12.2. The summed E-state index contributed by atoms with van der Waals surface area (Å²) in [6, 6.07) is 0. The standard InChI is InChI=1S/C20H30O2.C4H9Cl2N/c1-13(2)14-7-9-17-15(12-14)8-10-18-16(19(21)22-4)6-5-11-20(17,18)3;5-1-3-7-4-2-6/h8,12-13,16-18H,5-7,9-11H2,1-4H3;7H,1-4H2. The first-order chi connectivity index (χ1) is 13.9. The molecule has 0 heterocycles. The van der Waals surface area contributed by atoms with Crippen molar-refractivity contribution in [2.45, 2.75) is 59.3 Å². The second-order valence-electron chi connectivity index (χ2n) is 9.17. The number of halogens is 2. The third-order valence-electron chi connectivity index (χ3n) is 7.23. The first-order valence-electron chi connectivity index (χ1n) is 11.2. The van der Waals surface area contributed by atoms with Crippen molar-refractivity contribution in [2.24, 2.45) is 29.1 Å². The van der Waals surface area contributed by atoms with E-state index < -0.39 is 0 Å². The van der Waals surface area contributed by atoms with Gasteiger partial charge in [0.2, 0.25) is 0 Å². The van der Waals surface area contributed by atoms with E-state index in [0.717, 1.165) is 32.4 Å². The average Bonchev–Trinajstić information content (AvgIpc) is 2.72. The molecule has 1 N–H and O–H groups in total. The number of carbonyl (C=O) groups is 1. The van der Waals surface area contributed by atoms with Gasteiger partial charge < -0.3 is 10.1 Å². The highest BCUT2D eigenvalue weighted by atomic mass is 35.5. The fourth-order valence-electron chi connectivity index (χ4n) is 5.60. The van der Waals surface area contributed by atoms with Crippen molar-refractivity contribution >= 4 is 29.2 Å². The van der Waals surface area contributed by atoms with Crippen molar-refractivity contribution in [1.82, 2.24) is 5.32 Å². The number of methoxy groups -OCH3 is 1. The average molecular weight is 444 g/mol. The van der Waals surface area contributed by atoms with Gasteiger partial charge in [0.25, 0.3) is 0 Å². The van der Waals surface area contributed by atoms with Crippen LogP contribution in [-0.4, -0.2) is 37.9 Å². The number of ether oxygens (including phenoxy) is 1. The zero-order chi connectivity index (χ0) is 21.4. The zero-order valence-corrected chi connectivity index (χ0v) is 20.1. The summed E-state index contributed by atoms with van der Waals surface area (Å²) in [5, 5.41) is 3.02. The molecule has 0 aromatic heterocycles. The summed E-state index contributed by atoms with van der Waals surface area (Å²) in [6.07, 6.45) is 11.9. The Hall–Kier alpha value is -0.510. The Balaban J connectivity index is 0.000000370. The molecule has 4 unspecified atom stereocenters. The molecule has 0 aliphatic heterocycles. The molecule has 166 valence electrons. The third kappa shape index (κ3) is 6.02. The van der Waals surface area contributed by atoms with Gasteiger partial charge in [-0.3, -0.25) is 4.79 Å². The van der Waals surface area contributed by atoms with Crippen molar-refractivity contribution < 1.29 is 9.53 Å². The maximum absolute atomic E-state index is 12.2. The lowest BCUT2D eigenvalue weighted by Crippen LogP contribution is -2.48. The van der Waals surface area contributed by atoms with E-state index in [4.69, 9.17) is 27.9 Å². The van der Waals surface area contributed by atoms with E-state index in [1.807, 2.05) is 0 Å². The Bertz CT molecular complexity index is 598. The first kappa shape index (κ1) is 24.8. The van der Waals surface area contributed by atoms with Crippen LogP contribution in [0.1, 0.15) is 59.3 Å². The second-order valence-corrected chi connectivity index (χ2v) is 9.92. The molecule has 3 rings (SSSR count). The fraction of sp³-hybridized carbons (Fsp3) is 0.792. The van der Waals surface area contributed by atoms with Crippen molar-refractivity contribution in [3.05, 3.63) is 23.3 Å². The number of fused-ring (bicyclic) bond motifs is 3. The Morgan fingerprint density at radius 2 is 1.97 bits per heavy atom. The molecule has 3 nitrogen and oxygen atoms in total. The van der Waals surface area contributed by atoms with Crippen molar-refractivity contribution in [2.75, 3.05) is 32.0 Å². The van der Waals surface area contributed by atoms with E-state index >= 15 is 0 Å². The van der Waals surface area contributed by atoms with Crippen LogP contribution in [0.2, 0.25) is 0 Å². The first-order valence-corrected chi connectivity index (χ1v) is 12.3. The molecule has 0 amide bonds. The van der Waals surface area contributed by atoms with Gasteiger partial charge in [0.15, 0.2) is 0 Å². The summed E-state index contributed by atoms with van der Waals surface area (Å²) >= 11 is 10.7. The van der Waals surface area contributed by atoms with Gasteiger partial charge in [-0.1, -0.05) is 44.9 Å². The van der Waals surface area contributed by atoms with E-state index in [0.29, 0.717) is 29.5 Å². The van der Waals surface area contributed by atoms with E-state index in [2.05, 4.69) is 38.2 Å². The monoisotopic (exact) mass is 443 g/mol. The number of alkyl halides is 2. The highest BCUT2D eigenvalue weighted by molar-refractivity contribution is 6.18. The summed E-state index contributed by atoms with van der Waals surface area (Å²) < 4.78 is 5.10. The number of hydrogen-bond acceptors (Lipinski definition) is 3. The highest BCUT2D eigenvalue weighted by Gasteiger charge is 2.51. The molecule has 0 radical (unpaired) electrons. The van der Waals surface area contributed by atoms with Crippen LogP contribution in [0, 0.1) is 29.1 Å². The number of esters is 1. The molecular weight excluding hydrogens is 405 g/mol. The van der Waals surface area contributed by atoms with Crippen LogP contribution in [0.5, 0.6) is 0 Å². The van der Waals surface area contributed by atoms with Gasteiger partial charge >= 0.3 is 5.97 Å². The van der Waals surface area contributed by atoms with Gasteiger partial charge in [-0.2, -0.15) is 0 Å². The van der Waals surface area contributed by atoms with Crippen molar-refractivity contribution in [3.63, 3.8) is 0 Å². The topological polar surface area (TPSA) is 38.3 Å². The predicted molar refractivity (Wildman–Crippen MR) is 124 cm³/mol. The van der Waals surface area contributed by atoms with Gasteiger partial charge in [0, 0.05) is 24.8 Å². The SMILES string of the molecule is COC(=O)C1CCCC2(C)C3CCC(C(C)C)=CC3=CCC12.ClCCNCCCl. The van der Waals surface area contributed by atoms with Crippen LogP contribution in [0.25, 0.3) is 0 Å². The molecule has 0 saturated heterocycles. The molecule has 4 atom stereocenters. The number of carbonyl (C=O) groups excluding carboxylic acids is 1. The van der Waals surface area contributed by atoms with Crippen LogP contribution in [0.3, 0.4) is 0 Å². The largest absolute Gasteiger partial charge is 0.469 e. The molecule has 3 aliphatic rings. The van der Waals surface area contributed by atoms with Crippen LogP contribution in [0.15, 0.2) is 23.3 Å². The van der Waals surface area contributed by atoms with Crippen molar-refractivity contribution in [3.8, 4) is 0 Å². The summed E-state index contributed by atoms with van der Waals surface area (Å²) in [7, 11) is 1.54. The molecule has 1 saturated carbocycles. The minimum absolute atomic E-state index is 0.0157. The molecule has 0 aromatic carbocycles. The van der Waals surface area contributed by atoms with Crippen LogP contribution < -0.4 is 5.32 Å². The molecule has 3 aliphatic carbocycles. The van der Waals surface area contributed by atoms with E-state index in [1.165, 1.54) is 26.4 Å². The Labute approximate surface area is 187 Å². The second kappa shape index (κ2) is 11.8. The lowest BCUT2D eigenvalue weighted by Gasteiger charge is -2.53. The van der Waals surface area contributed by atoms with Gasteiger partial charge in [-0.05, 0) is 60.8 Å². The van der Waals surface area contributed by atoms with E-state index in [9.17, 15) is 4.79 Å². The number of rotatable bonds is 6. The summed E-state index contributed by atoms with van der Waals surface area (Å²) in [6.45, 7) is 8.75. The minimum Gasteiger partial charge on any atom is -0.469 e. The van der Waals surface area contributed by atoms with Gasteiger partial charge in [0.05, 0.1) is 13.0 Å². The van der Waals surface area contributed by atoms with E-state index in [-0.39, 0.29) is 17.3 Å². The lowest BCUT2D eigenvalue weighted by atomic mass is 9.51. The molecule has 1 fully saturated rings. The maximum Gasteiger partial charge on any atom is 0.308 e. The Morgan fingerprint density at radius 3 is 2.55 bits per heavy atom. The van der Waals surface area contributed by atoms with Crippen molar-refractivity contribution in [1.29, 1.82) is 0 Å². The Kier molecular flexibility index (Phi) is 10.0. The smallest absolute Gasteiger partial charge is 0.308 e. The van der Waals surface area contributed by atoms with Crippen LogP contribution in [-0.2, 0) is 9.53 Å². The number of allylic oxidation sites excluding steroid dienone is 4. The van der Waals surface area contributed by atoms with Gasteiger partial charge in [-0.15, -0.1) is 23.2 Å². The summed E-state index contributed by atoms with van der Waals surface area (Å²) in [5.74, 6) is 3.21. The Morgan fingerprint density at radius 1 is 1.28 bits per heavy atom. The summed E-state index contributed by atoms with van der Waals surface area (Å²) in [5.41, 5.74) is 3.43. The number of hydrogen-bond donors (Lipinski definition) is 1. The predicted octanol–water partition coefficient (Wildman–Crippen LogP) is 5.96. The van der Waals surface area contributed by atoms with Gasteiger partial charge in [-0.25, -0.2) is 0 Å². The lowest BCUT2D eigenvalue weighted by molar-refractivity contribution is -0.153.